The molecule has 0 aliphatic carbocycles. The fraction of sp³-hybridized carbons (Fsp3) is 0.222. The van der Waals surface area contributed by atoms with Crippen LogP contribution in [0.2, 0.25) is 0 Å². The number of hydrogen-bond donors (Lipinski definition) is 2. The number of fused-ring (bicyclic) bond motifs is 1. The highest BCUT2D eigenvalue weighted by molar-refractivity contribution is 7.83. The molecule has 0 spiro atoms. The molecule has 2 N–H and O–H groups in total. The predicted molar refractivity (Wildman–Crippen MR) is 144 cm³/mol. The van der Waals surface area contributed by atoms with Crippen LogP contribution in [0.4, 0.5) is 10.3 Å². The molecule has 3 aromatic heterocycles. The average Bonchev–Trinajstić information content (AvgIpc) is 3.52. The van der Waals surface area contributed by atoms with Crippen molar-refractivity contribution in [2.24, 2.45) is 0 Å². The largest absolute Gasteiger partial charge is 0.432 e. The van der Waals surface area contributed by atoms with Crippen molar-refractivity contribution in [3.05, 3.63) is 84.6 Å². The van der Waals surface area contributed by atoms with Crippen molar-refractivity contribution in [2.45, 2.75) is 32.1 Å². The van der Waals surface area contributed by atoms with E-state index in [9.17, 15) is 8.60 Å². The molecule has 0 saturated heterocycles. The Morgan fingerprint density at radius 3 is 2.51 bits per heavy atom. The highest BCUT2D eigenvalue weighted by Crippen LogP contribution is 2.32. The highest BCUT2D eigenvalue weighted by atomic mass is 32.2. The van der Waals surface area contributed by atoms with Crippen molar-refractivity contribution in [3.63, 3.8) is 0 Å². The van der Waals surface area contributed by atoms with Crippen molar-refractivity contribution in [2.75, 3.05) is 18.4 Å². The van der Waals surface area contributed by atoms with Gasteiger partial charge in [-0.1, -0.05) is 31.5 Å². The summed E-state index contributed by atoms with van der Waals surface area (Å²) in [4.78, 5) is 14.3. The van der Waals surface area contributed by atoms with Crippen LogP contribution in [0.1, 0.15) is 25.8 Å². The Bertz CT molecular complexity index is 1460. The van der Waals surface area contributed by atoms with E-state index in [0.717, 1.165) is 28.1 Å². The van der Waals surface area contributed by atoms with Crippen molar-refractivity contribution < 1.29 is 13.0 Å². The maximum absolute atomic E-state index is 13.4. The van der Waals surface area contributed by atoms with E-state index >= 15 is 0 Å². The van der Waals surface area contributed by atoms with Gasteiger partial charge < -0.3 is 9.73 Å². The minimum atomic E-state index is -1.25. The number of imidazole rings is 1. The lowest BCUT2D eigenvalue weighted by Gasteiger charge is -2.08. The zero-order chi connectivity index (χ0) is 26.2. The fourth-order valence-electron chi connectivity index (χ4n) is 3.61. The first-order valence-electron chi connectivity index (χ1n) is 12.1. The predicted octanol–water partition coefficient (Wildman–Crippen LogP) is 5.64. The summed E-state index contributed by atoms with van der Waals surface area (Å²) in [5.41, 5.74) is 3.89. The molecule has 0 saturated carbocycles. The quantitative estimate of drug-likeness (QED) is 0.244. The number of nitrogens with one attached hydrogen (secondary N) is 2. The van der Waals surface area contributed by atoms with Gasteiger partial charge in [0.15, 0.2) is 0 Å². The van der Waals surface area contributed by atoms with Crippen LogP contribution in [-0.4, -0.2) is 36.7 Å². The summed E-state index contributed by atoms with van der Waals surface area (Å²) in [5, 5.41) is 3.21. The summed E-state index contributed by atoms with van der Waals surface area (Å²) >= 11 is 0. The zero-order valence-electron chi connectivity index (χ0n) is 20.9. The van der Waals surface area contributed by atoms with Gasteiger partial charge in [0.2, 0.25) is 5.95 Å². The molecule has 1 unspecified atom stereocenters. The minimum Gasteiger partial charge on any atom is -0.432 e. The molecule has 0 aliphatic rings. The maximum atomic E-state index is 13.4. The average molecular weight is 521 g/mol. The summed E-state index contributed by atoms with van der Waals surface area (Å²) in [6, 6.07) is 15.6. The van der Waals surface area contributed by atoms with Crippen molar-refractivity contribution in [1.82, 2.24) is 24.1 Å². The Hall–Kier alpha value is -3.89. The molecule has 10 heteroatoms. The number of oxazole rings is 1. The highest BCUT2D eigenvalue weighted by Gasteiger charge is 2.19. The first kappa shape index (κ1) is 26.2. The van der Waals surface area contributed by atoms with Crippen LogP contribution < -0.4 is 10.0 Å². The van der Waals surface area contributed by atoms with Gasteiger partial charge in [0.25, 0.3) is 0 Å². The molecule has 0 radical (unpaired) electrons. The molecule has 192 valence electrons. The van der Waals surface area contributed by atoms with Gasteiger partial charge in [-0.3, -0.25) is 4.40 Å². The van der Waals surface area contributed by atoms with E-state index in [0.29, 0.717) is 36.3 Å². The van der Waals surface area contributed by atoms with Gasteiger partial charge in [-0.15, -0.1) is 0 Å². The van der Waals surface area contributed by atoms with E-state index in [-0.39, 0.29) is 5.82 Å². The molecular formula is C27H29FN6O2S. The standard InChI is InChI=1S/C25H23FN6O2S.C2H6/c1-17-3-9-20(10-4-17)35(33)29-13-2-12-27-24-28-14-11-21(30-24)23-22(18-5-7-19(26)8-6-18)31-25-32(23)15-16-34-25;1-2/h3-11,14-16,29H,2,12-13H2,1H3,(H,27,28,30);1-2H3. The van der Waals surface area contributed by atoms with Gasteiger partial charge in [-0.05, 0) is 55.8 Å². The lowest BCUT2D eigenvalue weighted by atomic mass is 10.1. The van der Waals surface area contributed by atoms with Crippen molar-refractivity contribution in [1.29, 1.82) is 0 Å². The summed E-state index contributed by atoms with van der Waals surface area (Å²) in [5.74, 6) is 0.565. The number of rotatable bonds is 9. The Balaban J connectivity index is 0.00000156. The summed E-state index contributed by atoms with van der Waals surface area (Å²) < 4.78 is 36.1. The van der Waals surface area contributed by atoms with Gasteiger partial charge in [0.05, 0.1) is 10.6 Å². The van der Waals surface area contributed by atoms with Crippen molar-refractivity contribution in [3.8, 4) is 22.6 Å². The van der Waals surface area contributed by atoms with E-state index in [1.165, 1.54) is 12.1 Å². The van der Waals surface area contributed by atoms with E-state index in [1.807, 2.05) is 45.0 Å². The molecule has 3 heterocycles. The number of anilines is 1. The van der Waals surface area contributed by atoms with Crippen molar-refractivity contribution >= 4 is 22.8 Å². The molecule has 0 aliphatic heterocycles. The molecule has 2 aromatic carbocycles. The smallest absolute Gasteiger partial charge is 0.306 e. The van der Waals surface area contributed by atoms with Crippen LogP contribution >= 0.6 is 0 Å². The van der Waals surface area contributed by atoms with E-state index in [2.05, 4.69) is 25.0 Å². The zero-order valence-corrected chi connectivity index (χ0v) is 21.8. The Labute approximate surface area is 217 Å². The lowest BCUT2D eigenvalue weighted by molar-refractivity contribution is 0.596. The maximum Gasteiger partial charge on any atom is 0.306 e. The van der Waals surface area contributed by atoms with Crippen LogP contribution in [0.15, 0.2) is 82.6 Å². The third-order valence-electron chi connectivity index (χ3n) is 5.38. The van der Waals surface area contributed by atoms with E-state index in [1.54, 1.807) is 41.3 Å². The second-order valence-corrected chi connectivity index (χ2v) is 9.19. The molecular weight excluding hydrogens is 491 g/mol. The second kappa shape index (κ2) is 12.4. The van der Waals surface area contributed by atoms with Gasteiger partial charge in [-0.25, -0.2) is 23.3 Å². The first-order chi connectivity index (χ1) is 18.1. The summed E-state index contributed by atoms with van der Waals surface area (Å²) in [6.45, 7) is 7.16. The third kappa shape index (κ3) is 6.28. The molecule has 0 amide bonds. The SMILES string of the molecule is CC.Cc1ccc(S(=O)NCCCNc2nccc(-c3c(-c4ccc(F)cc4)nc4occn34)n2)cc1. The number of aromatic nitrogens is 4. The molecule has 5 rings (SSSR count). The summed E-state index contributed by atoms with van der Waals surface area (Å²) in [6.07, 6.45) is 5.71. The Kier molecular flexibility index (Phi) is 8.76. The third-order valence-corrected chi connectivity index (χ3v) is 6.55. The van der Waals surface area contributed by atoms with Crippen LogP contribution in [-0.2, 0) is 11.0 Å². The van der Waals surface area contributed by atoms with Gasteiger partial charge >= 0.3 is 5.84 Å². The normalized spacial score (nSPS) is 11.7. The monoisotopic (exact) mass is 520 g/mol. The molecule has 1 atom stereocenters. The van der Waals surface area contributed by atoms with Gasteiger partial charge in [-0.2, -0.15) is 4.98 Å². The van der Waals surface area contributed by atoms with Crippen LogP contribution in [0.5, 0.6) is 0 Å². The molecule has 8 nitrogen and oxygen atoms in total. The topological polar surface area (TPSA) is 97.3 Å². The molecule has 37 heavy (non-hydrogen) atoms. The lowest BCUT2D eigenvalue weighted by Crippen LogP contribution is -2.21. The van der Waals surface area contributed by atoms with Crippen LogP contribution in [0.3, 0.4) is 0 Å². The molecule has 5 aromatic rings. The number of nitrogens with zero attached hydrogens (tertiary/aromatic N) is 4. The van der Waals surface area contributed by atoms with E-state index in [4.69, 9.17) is 4.42 Å². The first-order valence-corrected chi connectivity index (χ1v) is 13.2. The molecule has 0 bridgehead atoms. The van der Waals surface area contributed by atoms with Crippen LogP contribution in [0, 0.1) is 12.7 Å². The molecule has 0 fully saturated rings. The van der Waals surface area contributed by atoms with Crippen LogP contribution in [0.25, 0.3) is 28.5 Å². The number of aryl methyl sites for hydroxylation is 1. The Morgan fingerprint density at radius 2 is 1.76 bits per heavy atom. The number of benzene rings is 2. The fourth-order valence-corrected chi connectivity index (χ4v) is 4.49. The minimum absolute atomic E-state index is 0.316. The Morgan fingerprint density at radius 1 is 1.00 bits per heavy atom. The van der Waals surface area contributed by atoms with E-state index < -0.39 is 11.0 Å². The number of hydrogen-bond acceptors (Lipinski definition) is 6. The summed E-state index contributed by atoms with van der Waals surface area (Å²) in [7, 11) is -1.25. The van der Waals surface area contributed by atoms with Gasteiger partial charge in [0, 0.05) is 31.0 Å². The second-order valence-electron chi connectivity index (χ2n) is 7.89. The number of halogens is 1. The van der Waals surface area contributed by atoms with Gasteiger partial charge in [0.1, 0.15) is 34.5 Å².